The zero-order chi connectivity index (χ0) is 14.4. The van der Waals surface area contributed by atoms with Gasteiger partial charge in [-0.3, -0.25) is 0 Å². The number of rotatable bonds is 6. The molecule has 0 saturated heterocycles. The Balaban J connectivity index is 2.13. The topological polar surface area (TPSA) is 12.0 Å². The average Bonchev–Trinajstić information content (AvgIpc) is 2.48. The summed E-state index contributed by atoms with van der Waals surface area (Å²) < 4.78 is 0. The van der Waals surface area contributed by atoms with Crippen LogP contribution in [0, 0.1) is 0 Å². The SMILES string of the molecule is C=CC[C@@H](N[C@H](C)c1ccccc1)c1ccc(Cl)cc1. The second kappa shape index (κ2) is 7.28. The highest BCUT2D eigenvalue weighted by Crippen LogP contribution is 2.23. The molecule has 0 radical (unpaired) electrons. The predicted molar refractivity (Wildman–Crippen MR) is 87.0 cm³/mol. The molecule has 20 heavy (non-hydrogen) atoms. The van der Waals surface area contributed by atoms with Crippen LogP contribution in [0.2, 0.25) is 5.02 Å². The number of halogens is 1. The van der Waals surface area contributed by atoms with Crippen LogP contribution in [0.15, 0.2) is 67.3 Å². The predicted octanol–water partition coefficient (Wildman–Crippen LogP) is 5.31. The quantitative estimate of drug-likeness (QED) is 0.709. The molecule has 0 aliphatic heterocycles. The first-order valence-corrected chi connectivity index (χ1v) is 7.26. The normalized spacial score (nSPS) is 13.7. The highest BCUT2D eigenvalue weighted by Gasteiger charge is 2.14. The lowest BCUT2D eigenvalue weighted by Crippen LogP contribution is -2.24. The van der Waals surface area contributed by atoms with Crippen molar-refractivity contribution in [3.8, 4) is 0 Å². The van der Waals surface area contributed by atoms with Gasteiger partial charge in [0, 0.05) is 17.1 Å². The first-order chi connectivity index (χ1) is 9.70. The van der Waals surface area contributed by atoms with Crippen LogP contribution in [-0.2, 0) is 0 Å². The molecule has 2 aromatic carbocycles. The van der Waals surface area contributed by atoms with Crippen molar-refractivity contribution in [1.29, 1.82) is 0 Å². The molecule has 0 bridgehead atoms. The maximum absolute atomic E-state index is 5.95. The summed E-state index contributed by atoms with van der Waals surface area (Å²) in [5, 5.41) is 4.42. The largest absolute Gasteiger partial charge is 0.303 e. The summed E-state index contributed by atoms with van der Waals surface area (Å²) in [5.74, 6) is 0. The molecular formula is C18H20ClN. The van der Waals surface area contributed by atoms with Crippen molar-refractivity contribution in [3.63, 3.8) is 0 Å². The second-order valence-electron chi connectivity index (χ2n) is 4.93. The minimum Gasteiger partial charge on any atom is -0.303 e. The summed E-state index contributed by atoms with van der Waals surface area (Å²) in [5.41, 5.74) is 2.52. The summed E-state index contributed by atoms with van der Waals surface area (Å²) in [6, 6.07) is 19.0. The van der Waals surface area contributed by atoms with Crippen LogP contribution in [0.5, 0.6) is 0 Å². The smallest absolute Gasteiger partial charge is 0.0406 e. The molecule has 2 rings (SSSR count). The van der Waals surface area contributed by atoms with Crippen molar-refractivity contribution >= 4 is 11.6 Å². The fourth-order valence-electron chi connectivity index (χ4n) is 2.30. The second-order valence-corrected chi connectivity index (χ2v) is 5.36. The lowest BCUT2D eigenvalue weighted by atomic mass is 10.0. The third kappa shape index (κ3) is 3.96. The molecule has 2 heteroatoms. The summed E-state index contributed by atoms with van der Waals surface area (Å²) in [6.07, 6.45) is 2.84. The van der Waals surface area contributed by atoms with Crippen molar-refractivity contribution < 1.29 is 0 Å². The molecule has 2 aromatic rings. The van der Waals surface area contributed by atoms with Gasteiger partial charge in [-0.05, 0) is 36.6 Å². The average molecular weight is 286 g/mol. The van der Waals surface area contributed by atoms with Crippen molar-refractivity contribution in [2.75, 3.05) is 0 Å². The van der Waals surface area contributed by atoms with Gasteiger partial charge < -0.3 is 5.32 Å². The van der Waals surface area contributed by atoms with Crippen LogP contribution >= 0.6 is 11.6 Å². The zero-order valence-electron chi connectivity index (χ0n) is 11.7. The van der Waals surface area contributed by atoms with E-state index in [9.17, 15) is 0 Å². The minimum atomic E-state index is 0.250. The van der Waals surface area contributed by atoms with Crippen LogP contribution in [-0.4, -0.2) is 0 Å². The molecule has 0 spiro atoms. The van der Waals surface area contributed by atoms with Gasteiger partial charge in [-0.25, -0.2) is 0 Å². The summed E-state index contributed by atoms with van der Waals surface area (Å²) in [4.78, 5) is 0. The first-order valence-electron chi connectivity index (χ1n) is 6.88. The van der Waals surface area contributed by atoms with Crippen LogP contribution in [0.25, 0.3) is 0 Å². The molecule has 0 aromatic heterocycles. The maximum Gasteiger partial charge on any atom is 0.0406 e. The highest BCUT2D eigenvalue weighted by atomic mass is 35.5. The van der Waals surface area contributed by atoms with Crippen molar-refractivity contribution in [1.82, 2.24) is 5.32 Å². The van der Waals surface area contributed by atoms with Crippen LogP contribution in [0.1, 0.15) is 36.6 Å². The van der Waals surface area contributed by atoms with E-state index in [1.807, 2.05) is 24.3 Å². The van der Waals surface area contributed by atoms with Crippen LogP contribution in [0.3, 0.4) is 0 Å². The van der Waals surface area contributed by atoms with E-state index in [4.69, 9.17) is 11.6 Å². The summed E-state index contributed by atoms with van der Waals surface area (Å²) >= 11 is 5.95. The van der Waals surface area contributed by atoms with Crippen LogP contribution in [0.4, 0.5) is 0 Å². The van der Waals surface area contributed by atoms with Gasteiger partial charge in [0.05, 0.1) is 0 Å². The molecule has 0 fully saturated rings. The van der Waals surface area contributed by atoms with Gasteiger partial charge in [0.2, 0.25) is 0 Å². The Morgan fingerprint density at radius 3 is 2.30 bits per heavy atom. The number of nitrogens with one attached hydrogen (secondary N) is 1. The van der Waals surface area contributed by atoms with E-state index in [1.165, 1.54) is 11.1 Å². The first kappa shape index (κ1) is 14.8. The van der Waals surface area contributed by atoms with Gasteiger partial charge in [0.1, 0.15) is 0 Å². The Morgan fingerprint density at radius 2 is 1.70 bits per heavy atom. The molecule has 0 saturated carbocycles. The Labute approximate surface area is 126 Å². The number of hydrogen-bond donors (Lipinski definition) is 1. The molecule has 104 valence electrons. The Hall–Kier alpha value is -1.57. The van der Waals surface area contributed by atoms with Crippen molar-refractivity contribution in [2.45, 2.75) is 25.4 Å². The molecule has 1 N–H and O–H groups in total. The fraction of sp³-hybridized carbons (Fsp3) is 0.222. The molecule has 0 unspecified atom stereocenters. The zero-order valence-corrected chi connectivity index (χ0v) is 12.5. The van der Waals surface area contributed by atoms with Crippen molar-refractivity contribution in [2.24, 2.45) is 0 Å². The van der Waals surface area contributed by atoms with Gasteiger partial charge >= 0.3 is 0 Å². The summed E-state index contributed by atoms with van der Waals surface area (Å²) in [6.45, 7) is 6.04. The lowest BCUT2D eigenvalue weighted by Gasteiger charge is -2.23. The number of benzene rings is 2. The van der Waals surface area contributed by atoms with Crippen molar-refractivity contribution in [3.05, 3.63) is 83.4 Å². The van der Waals surface area contributed by atoms with Crippen LogP contribution < -0.4 is 5.32 Å². The lowest BCUT2D eigenvalue weighted by molar-refractivity contribution is 0.470. The van der Waals surface area contributed by atoms with Gasteiger partial charge in [-0.1, -0.05) is 60.1 Å². The molecule has 0 aliphatic rings. The van der Waals surface area contributed by atoms with Gasteiger partial charge in [-0.2, -0.15) is 0 Å². The monoisotopic (exact) mass is 285 g/mol. The van der Waals surface area contributed by atoms with Gasteiger partial charge in [-0.15, -0.1) is 6.58 Å². The molecule has 0 heterocycles. The Kier molecular flexibility index (Phi) is 5.40. The fourth-order valence-corrected chi connectivity index (χ4v) is 2.43. The van der Waals surface area contributed by atoms with E-state index < -0.39 is 0 Å². The van der Waals surface area contributed by atoms with E-state index >= 15 is 0 Å². The minimum absolute atomic E-state index is 0.250. The standard InChI is InChI=1S/C18H20ClN/c1-3-7-18(16-10-12-17(19)13-11-16)20-14(2)15-8-5-4-6-9-15/h3-6,8-14,18,20H,1,7H2,2H3/t14-,18-/m1/s1. The molecular weight excluding hydrogens is 266 g/mol. The van der Waals surface area contributed by atoms with Gasteiger partial charge in [0.25, 0.3) is 0 Å². The molecule has 0 amide bonds. The van der Waals surface area contributed by atoms with E-state index in [0.29, 0.717) is 0 Å². The molecule has 1 nitrogen and oxygen atoms in total. The molecule has 2 atom stereocenters. The van der Waals surface area contributed by atoms with E-state index in [2.05, 4.69) is 55.2 Å². The third-order valence-electron chi connectivity index (χ3n) is 3.43. The number of hydrogen-bond acceptors (Lipinski definition) is 1. The Morgan fingerprint density at radius 1 is 1.05 bits per heavy atom. The maximum atomic E-state index is 5.95. The van der Waals surface area contributed by atoms with Gasteiger partial charge in [0.15, 0.2) is 0 Å². The highest BCUT2D eigenvalue weighted by molar-refractivity contribution is 6.30. The Bertz CT molecular complexity index is 533. The van der Waals surface area contributed by atoms with E-state index in [-0.39, 0.29) is 12.1 Å². The van der Waals surface area contributed by atoms with E-state index in [0.717, 1.165) is 11.4 Å². The summed E-state index contributed by atoms with van der Waals surface area (Å²) in [7, 11) is 0. The van der Waals surface area contributed by atoms with E-state index in [1.54, 1.807) is 0 Å². The third-order valence-corrected chi connectivity index (χ3v) is 3.68. The molecule has 0 aliphatic carbocycles.